The highest BCUT2D eigenvalue weighted by Gasteiger charge is 2.18. The third-order valence-electron chi connectivity index (χ3n) is 3.05. The van der Waals surface area contributed by atoms with Gasteiger partial charge in [-0.2, -0.15) is 5.26 Å². The number of anilines is 1. The minimum atomic E-state index is -1.03. The molecule has 1 amide bonds. The number of nitrogens with zero attached hydrogens (tertiary/aromatic N) is 1. The maximum absolute atomic E-state index is 12.2. The second-order valence-electron chi connectivity index (χ2n) is 4.74. The molecule has 0 bridgehead atoms. The Morgan fingerprint density at radius 2 is 1.96 bits per heavy atom. The fraction of sp³-hybridized carbons (Fsp3) is 0.118. The molecule has 2 aromatic rings. The molecule has 0 radical (unpaired) electrons. The summed E-state index contributed by atoms with van der Waals surface area (Å²) >= 11 is 1.18. The molecule has 0 fully saturated rings. The van der Waals surface area contributed by atoms with E-state index in [1.807, 2.05) is 6.07 Å². The first-order valence-electron chi connectivity index (χ1n) is 6.81. The van der Waals surface area contributed by atoms with Gasteiger partial charge in [-0.25, -0.2) is 4.79 Å². The molecule has 6 heteroatoms. The number of carbonyl (C=O) groups excluding carboxylic acids is 1. The van der Waals surface area contributed by atoms with Crippen LogP contribution in [0.25, 0.3) is 0 Å². The minimum absolute atomic E-state index is 0.170. The lowest BCUT2D eigenvalue weighted by Crippen LogP contribution is -2.22. The van der Waals surface area contributed by atoms with Crippen molar-refractivity contribution in [3.8, 4) is 6.07 Å². The average Bonchev–Trinajstić information content (AvgIpc) is 2.55. The second-order valence-corrected chi connectivity index (χ2v) is 6.13. The lowest BCUT2D eigenvalue weighted by atomic mass is 10.2. The Hall–Kier alpha value is -2.78. The van der Waals surface area contributed by atoms with Crippen molar-refractivity contribution in [1.29, 1.82) is 5.26 Å². The van der Waals surface area contributed by atoms with E-state index in [9.17, 15) is 9.59 Å². The minimum Gasteiger partial charge on any atom is -0.478 e. The quantitative estimate of drug-likeness (QED) is 0.822. The van der Waals surface area contributed by atoms with Crippen LogP contribution in [0, 0.1) is 11.3 Å². The zero-order valence-corrected chi connectivity index (χ0v) is 13.1. The maximum atomic E-state index is 12.2. The molecule has 0 aliphatic carbocycles. The number of amides is 1. The third kappa shape index (κ3) is 4.34. The van der Waals surface area contributed by atoms with Crippen LogP contribution in [-0.4, -0.2) is 22.2 Å². The SMILES string of the molecule is C[C@@H](Sc1ccccc1C(=O)O)C(=O)Nc1cccc(C#N)c1. The van der Waals surface area contributed by atoms with E-state index in [0.717, 1.165) is 0 Å². The Balaban J connectivity index is 2.09. The molecule has 0 spiro atoms. The van der Waals surface area contributed by atoms with Crippen LogP contribution in [-0.2, 0) is 4.79 Å². The number of thioether (sulfide) groups is 1. The molecular formula is C17H14N2O3S. The molecule has 116 valence electrons. The van der Waals surface area contributed by atoms with Gasteiger partial charge in [0.2, 0.25) is 5.91 Å². The van der Waals surface area contributed by atoms with Crippen molar-refractivity contribution >= 4 is 29.3 Å². The van der Waals surface area contributed by atoms with Crippen molar-refractivity contribution < 1.29 is 14.7 Å². The Morgan fingerprint density at radius 3 is 2.65 bits per heavy atom. The molecule has 5 nitrogen and oxygen atoms in total. The van der Waals surface area contributed by atoms with Crippen LogP contribution in [0.4, 0.5) is 5.69 Å². The normalized spacial score (nSPS) is 11.3. The first-order chi connectivity index (χ1) is 11.0. The van der Waals surface area contributed by atoms with E-state index in [0.29, 0.717) is 16.1 Å². The highest BCUT2D eigenvalue weighted by molar-refractivity contribution is 8.00. The topological polar surface area (TPSA) is 90.2 Å². The number of carbonyl (C=O) groups is 2. The number of nitriles is 1. The van der Waals surface area contributed by atoms with E-state index >= 15 is 0 Å². The van der Waals surface area contributed by atoms with Gasteiger partial charge in [0.15, 0.2) is 0 Å². The fourth-order valence-electron chi connectivity index (χ4n) is 1.90. The molecule has 23 heavy (non-hydrogen) atoms. The lowest BCUT2D eigenvalue weighted by Gasteiger charge is -2.13. The van der Waals surface area contributed by atoms with Gasteiger partial charge in [0, 0.05) is 10.6 Å². The van der Waals surface area contributed by atoms with Crippen LogP contribution in [0.15, 0.2) is 53.4 Å². The van der Waals surface area contributed by atoms with Crippen molar-refractivity contribution in [3.63, 3.8) is 0 Å². The van der Waals surface area contributed by atoms with Gasteiger partial charge >= 0.3 is 5.97 Å². The molecular weight excluding hydrogens is 312 g/mol. The molecule has 2 aromatic carbocycles. The van der Waals surface area contributed by atoms with E-state index in [4.69, 9.17) is 10.4 Å². The van der Waals surface area contributed by atoms with Gasteiger partial charge in [0.05, 0.1) is 22.4 Å². The highest BCUT2D eigenvalue weighted by atomic mass is 32.2. The number of nitrogens with one attached hydrogen (secondary N) is 1. The van der Waals surface area contributed by atoms with Crippen LogP contribution in [0.3, 0.4) is 0 Å². The summed E-state index contributed by atoms with van der Waals surface area (Å²) < 4.78 is 0. The van der Waals surface area contributed by atoms with Crippen LogP contribution in [0.2, 0.25) is 0 Å². The van der Waals surface area contributed by atoms with Gasteiger partial charge < -0.3 is 10.4 Å². The van der Waals surface area contributed by atoms with Gasteiger partial charge in [0.1, 0.15) is 0 Å². The van der Waals surface area contributed by atoms with Gasteiger partial charge in [0.25, 0.3) is 0 Å². The van der Waals surface area contributed by atoms with E-state index < -0.39 is 11.2 Å². The molecule has 1 atom stereocenters. The first kappa shape index (κ1) is 16.6. The Kier molecular flexibility index (Phi) is 5.39. The Bertz CT molecular complexity index is 783. The molecule has 0 heterocycles. The van der Waals surface area contributed by atoms with Crippen molar-refractivity contribution in [3.05, 3.63) is 59.7 Å². The summed E-state index contributed by atoms with van der Waals surface area (Å²) in [7, 11) is 0. The number of hydrogen-bond donors (Lipinski definition) is 2. The summed E-state index contributed by atoms with van der Waals surface area (Å²) in [4.78, 5) is 24.0. The molecule has 0 aliphatic heterocycles. The molecule has 2 rings (SSSR count). The van der Waals surface area contributed by atoms with Gasteiger partial charge in [-0.05, 0) is 37.3 Å². The predicted molar refractivity (Wildman–Crippen MR) is 88.5 cm³/mol. The maximum Gasteiger partial charge on any atom is 0.336 e. The van der Waals surface area contributed by atoms with Gasteiger partial charge in [-0.3, -0.25) is 4.79 Å². The summed E-state index contributed by atoms with van der Waals surface area (Å²) in [6, 6.07) is 15.2. The molecule has 0 saturated heterocycles. The van der Waals surface area contributed by atoms with Crippen LogP contribution in [0.1, 0.15) is 22.8 Å². The summed E-state index contributed by atoms with van der Waals surface area (Å²) in [5.74, 6) is -1.28. The number of benzene rings is 2. The Labute approximate surface area is 137 Å². The molecule has 2 N–H and O–H groups in total. The smallest absolute Gasteiger partial charge is 0.336 e. The third-order valence-corrected chi connectivity index (χ3v) is 4.23. The van der Waals surface area contributed by atoms with Gasteiger partial charge in [-0.1, -0.05) is 18.2 Å². The van der Waals surface area contributed by atoms with Crippen molar-refractivity contribution in [2.24, 2.45) is 0 Å². The summed E-state index contributed by atoms with van der Waals surface area (Å²) in [5, 5.41) is 20.3. The number of carboxylic acids is 1. The lowest BCUT2D eigenvalue weighted by molar-refractivity contribution is -0.115. The fourth-order valence-corrected chi connectivity index (χ4v) is 2.89. The van der Waals surface area contributed by atoms with Crippen LogP contribution >= 0.6 is 11.8 Å². The van der Waals surface area contributed by atoms with E-state index in [1.165, 1.54) is 17.8 Å². The summed E-state index contributed by atoms with van der Waals surface area (Å²) in [6.07, 6.45) is 0. The highest BCUT2D eigenvalue weighted by Crippen LogP contribution is 2.27. The number of hydrogen-bond acceptors (Lipinski definition) is 4. The first-order valence-corrected chi connectivity index (χ1v) is 7.69. The largest absolute Gasteiger partial charge is 0.478 e. The monoisotopic (exact) mass is 326 g/mol. The van der Waals surface area contributed by atoms with Crippen LogP contribution in [0.5, 0.6) is 0 Å². The number of rotatable bonds is 5. The number of carboxylic acid groups (broad SMARTS) is 1. The zero-order chi connectivity index (χ0) is 16.8. The van der Waals surface area contributed by atoms with Crippen LogP contribution < -0.4 is 5.32 Å². The van der Waals surface area contributed by atoms with Crippen molar-refractivity contribution in [1.82, 2.24) is 0 Å². The molecule has 0 unspecified atom stereocenters. The van der Waals surface area contributed by atoms with Gasteiger partial charge in [-0.15, -0.1) is 11.8 Å². The second kappa shape index (κ2) is 7.47. The van der Waals surface area contributed by atoms with E-state index in [1.54, 1.807) is 49.4 Å². The summed E-state index contributed by atoms with van der Waals surface area (Å²) in [6.45, 7) is 1.70. The van der Waals surface area contributed by atoms with E-state index in [2.05, 4.69) is 5.32 Å². The predicted octanol–water partition coefficient (Wildman–Crippen LogP) is 3.38. The van der Waals surface area contributed by atoms with Crippen molar-refractivity contribution in [2.75, 3.05) is 5.32 Å². The number of aromatic carboxylic acids is 1. The average molecular weight is 326 g/mol. The molecule has 0 saturated carbocycles. The molecule has 0 aliphatic rings. The van der Waals surface area contributed by atoms with E-state index in [-0.39, 0.29) is 11.5 Å². The standard InChI is InChI=1S/C17H14N2O3S/c1-11(23-15-8-3-2-7-14(15)17(21)22)16(20)19-13-6-4-5-12(9-13)10-18/h2-9,11H,1H3,(H,19,20)(H,21,22)/t11-/m1/s1. The Morgan fingerprint density at radius 1 is 1.22 bits per heavy atom. The van der Waals surface area contributed by atoms with Crippen molar-refractivity contribution in [2.45, 2.75) is 17.1 Å². The molecule has 0 aromatic heterocycles. The summed E-state index contributed by atoms with van der Waals surface area (Å²) in [5.41, 5.74) is 1.16. The zero-order valence-electron chi connectivity index (χ0n) is 12.3.